The van der Waals surface area contributed by atoms with Crippen molar-refractivity contribution in [3.8, 4) is 11.5 Å². The fourth-order valence-electron chi connectivity index (χ4n) is 3.46. The summed E-state index contributed by atoms with van der Waals surface area (Å²) in [7, 11) is 1.54. The molecule has 1 unspecified atom stereocenters. The molecule has 18 heavy (non-hydrogen) atoms. The number of halogens is 1. The molecular weight excluding hydrogens is 231 g/mol. The van der Waals surface area contributed by atoms with Gasteiger partial charge >= 0.3 is 0 Å². The maximum Gasteiger partial charge on any atom is 0.130 e. The van der Waals surface area contributed by atoms with Crippen molar-refractivity contribution in [1.82, 2.24) is 0 Å². The van der Waals surface area contributed by atoms with Crippen molar-refractivity contribution in [2.45, 2.75) is 38.2 Å². The van der Waals surface area contributed by atoms with E-state index in [0.717, 1.165) is 24.7 Å². The lowest BCUT2D eigenvalue weighted by Crippen LogP contribution is -2.26. The van der Waals surface area contributed by atoms with Crippen LogP contribution in [0.4, 0.5) is 4.39 Å². The van der Waals surface area contributed by atoms with Crippen LogP contribution in [0.15, 0.2) is 18.2 Å². The molecule has 98 valence electrons. The SMILES string of the molecule is COc1cc(F)cc(OC2C[C@H]3CC[C@@H](C2)C3)c1. The van der Waals surface area contributed by atoms with Gasteiger partial charge in [-0.3, -0.25) is 0 Å². The Hall–Kier alpha value is -1.25. The largest absolute Gasteiger partial charge is 0.497 e. The van der Waals surface area contributed by atoms with Crippen LogP contribution in [0.25, 0.3) is 0 Å². The van der Waals surface area contributed by atoms with Crippen LogP contribution in [-0.4, -0.2) is 13.2 Å². The van der Waals surface area contributed by atoms with Crippen LogP contribution in [0.2, 0.25) is 0 Å². The van der Waals surface area contributed by atoms with E-state index in [1.165, 1.54) is 31.4 Å². The summed E-state index contributed by atoms with van der Waals surface area (Å²) in [6.45, 7) is 0. The molecule has 3 atom stereocenters. The number of hydrogen-bond acceptors (Lipinski definition) is 2. The quantitative estimate of drug-likeness (QED) is 0.812. The average Bonchev–Trinajstić information content (AvgIpc) is 2.68. The molecule has 0 aliphatic heterocycles. The molecule has 0 radical (unpaired) electrons. The molecule has 0 aromatic heterocycles. The van der Waals surface area contributed by atoms with Crippen LogP contribution in [-0.2, 0) is 0 Å². The minimum Gasteiger partial charge on any atom is -0.497 e. The van der Waals surface area contributed by atoms with E-state index in [2.05, 4.69) is 0 Å². The molecule has 0 N–H and O–H groups in total. The van der Waals surface area contributed by atoms with E-state index in [4.69, 9.17) is 9.47 Å². The third kappa shape index (κ3) is 2.45. The molecule has 3 heteroatoms. The fourth-order valence-corrected chi connectivity index (χ4v) is 3.46. The second kappa shape index (κ2) is 4.79. The Kier molecular flexibility index (Phi) is 3.14. The number of benzene rings is 1. The zero-order chi connectivity index (χ0) is 12.5. The van der Waals surface area contributed by atoms with Gasteiger partial charge in [0.25, 0.3) is 0 Å². The number of hydrogen-bond donors (Lipinski definition) is 0. The smallest absolute Gasteiger partial charge is 0.130 e. The standard InChI is InChI=1S/C15H19FO2/c1-17-13-7-12(16)8-15(9-13)18-14-5-10-2-3-11(4-10)6-14/h7-11,14H,2-6H2,1H3/t10-,11+,14?. The molecule has 0 heterocycles. The summed E-state index contributed by atoms with van der Waals surface area (Å²) in [6, 6.07) is 4.58. The second-order valence-corrected chi connectivity index (χ2v) is 5.58. The Labute approximate surface area is 107 Å². The zero-order valence-electron chi connectivity index (χ0n) is 10.7. The molecule has 2 aliphatic carbocycles. The lowest BCUT2D eigenvalue weighted by Gasteiger charge is -2.28. The third-order valence-electron chi connectivity index (χ3n) is 4.23. The van der Waals surface area contributed by atoms with E-state index in [1.807, 2.05) is 0 Å². The summed E-state index contributed by atoms with van der Waals surface area (Å²) < 4.78 is 24.4. The van der Waals surface area contributed by atoms with Gasteiger partial charge in [0, 0.05) is 18.2 Å². The summed E-state index contributed by atoms with van der Waals surface area (Å²) in [5.74, 6) is 2.46. The van der Waals surface area contributed by atoms with Crippen LogP contribution < -0.4 is 9.47 Å². The van der Waals surface area contributed by atoms with Crippen molar-refractivity contribution in [1.29, 1.82) is 0 Å². The van der Waals surface area contributed by atoms with Crippen molar-refractivity contribution >= 4 is 0 Å². The molecule has 2 aliphatic rings. The molecule has 1 aromatic rings. The van der Waals surface area contributed by atoms with Gasteiger partial charge in [-0.15, -0.1) is 0 Å². The van der Waals surface area contributed by atoms with Gasteiger partial charge in [0.1, 0.15) is 17.3 Å². The maximum absolute atomic E-state index is 13.4. The van der Waals surface area contributed by atoms with Crippen molar-refractivity contribution in [2.75, 3.05) is 7.11 Å². The molecule has 2 nitrogen and oxygen atoms in total. The van der Waals surface area contributed by atoms with Crippen molar-refractivity contribution in [2.24, 2.45) is 11.8 Å². The fraction of sp³-hybridized carbons (Fsp3) is 0.600. The monoisotopic (exact) mass is 250 g/mol. The van der Waals surface area contributed by atoms with E-state index >= 15 is 0 Å². The first-order valence-electron chi connectivity index (χ1n) is 6.74. The van der Waals surface area contributed by atoms with Gasteiger partial charge in [-0.1, -0.05) is 12.8 Å². The highest BCUT2D eigenvalue weighted by Crippen LogP contribution is 2.43. The van der Waals surface area contributed by atoms with Gasteiger partial charge in [0.05, 0.1) is 13.2 Å². The summed E-state index contributed by atoms with van der Waals surface area (Å²) in [4.78, 5) is 0. The van der Waals surface area contributed by atoms with Crippen LogP contribution in [0, 0.1) is 17.7 Å². The summed E-state index contributed by atoms with van der Waals surface area (Å²) in [5.41, 5.74) is 0. The number of ether oxygens (including phenoxy) is 2. The van der Waals surface area contributed by atoms with Gasteiger partial charge in [-0.25, -0.2) is 4.39 Å². The zero-order valence-corrected chi connectivity index (χ0v) is 10.7. The number of methoxy groups -OCH3 is 1. The average molecular weight is 250 g/mol. The first-order chi connectivity index (χ1) is 8.72. The maximum atomic E-state index is 13.4. The molecule has 1 aromatic carbocycles. The molecule has 0 amide bonds. The van der Waals surface area contributed by atoms with Gasteiger partial charge in [-0.2, -0.15) is 0 Å². The summed E-state index contributed by atoms with van der Waals surface area (Å²) in [6.07, 6.45) is 6.55. The predicted octanol–water partition coefficient (Wildman–Crippen LogP) is 3.79. The molecule has 0 spiro atoms. The Morgan fingerprint density at radius 3 is 2.33 bits per heavy atom. The summed E-state index contributed by atoms with van der Waals surface area (Å²) in [5, 5.41) is 0. The molecule has 0 saturated heterocycles. The molecule has 2 saturated carbocycles. The van der Waals surface area contributed by atoms with Gasteiger partial charge in [0.15, 0.2) is 0 Å². The highest BCUT2D eigenvalue weighted by molar-refractivity contribution is 5.34. The second-order valence-electron chi connectivity index (χ2n) is 5.58. The van der Waals surface area contributed by atoms with Gasteiger partial charge in [-0.05, 0) is 31.1 Å². The first-order valence-corrected chi connectivity index (χ1v) is 6.74. The van der Waals surface area contributed by atoms with Crippen LogP contribution in [0.5, 0.6) is 11.5 Å². The van der Waals surface area contributed by atoms with E-state index in [0.29, 0.717) is 11.5 Å². The normalized spacial score (nSPS) is 30.2. The minimum atomic E-state index is -0.303. The Bertz CT molecular complexity index is 421. The third-order valence-corrected chi connectivity index (χ3v) is 4.23. The first kappa shape index (κ1) is 11.8. The lowest BCUT2D eigenvalue weighted by molar-refractivity contribution is 0.118. The topological polar surface area (TPSA) is 18.5 Å². The van der Waals surface area contributed by atoms with Crippen LogP contribution in [0.3, 0.4) is 0 Å². The Morgan fingerprint density at radius 2 is 1.67 bits per heavy atom. The lowest BCUT2D eigenvalue weighted by atomic mass is 9.87. The van der Waals surface area contributed by atoms with Crippen molar-refractivity contribution < 1.29 is 13.9 Å². The van der Waals surface area contributed by atoms with E-state index < -0.39 is 0 Å². The van der Waals surface area contributed by atoms with Gasteiger partial charge in [0.2, 0.25) is 0 Å². The Balaban J connectivity index is 1.70. The van der Waals surface area contributed by atoms with Gasteiger partial charge < -0.3 is 9.47 Å². The Morgan fingerprint density at radius 1 is 1.00 bits per heavy atom. The molecule has 2 fully saturated rings. The summed E-state index contributed by atoms with van der Waals surface area (Å²) >= 11 is 0. The van der Waals surface area contributed by atoms with E-state index in [-0.39, 0.29) is 11.9 Å². The predicted molar refractivity (Wildman–Crippen MR) is 67.4 cm³/mol. The van der Waals surface area contributed by atoms with E-state index in [9.17, 15) is 4.39 Å². The van der Waals surface area contributed by atoms with Crippen molar-refractivity contribution in [3.05, 3.63) is 24.0 Å². The molecule has 2 bridgehead atoms. The number of rotatable bonds is 3. The highest BCUT2D eigenvalue weighted by Gasteiger charge is 2.35. The van der Waals surface area contributed by atoms with E-state index in [1.54, 1.807) is 13.2 Å². The number of fused-ring (bicyclic) bond motifs is 2. The van der Waals surface area contributed by atoms with Crippen molar-refractivity contribution in [3.63, 3.8) is 0 Å². The minimum absolute atomic E-state index is 0.253. The van der Waals surface area contributed by atoms with Crippen LogP contribution in [0.1, 0.15) is 32.1 Å². The highest BCUT2D eigenvalue weighted by atomic mass is 19.1. The molecule has 3 rings (SSSR count). The molecular formula is C15H19FO2. The van der Waals surface area contributed by atoms with Crippen LogP contribution >= 0.6 is 0 Å².